The second-order valence-electron chi connectivity index (χ2n) is 6.83. The number of hydrogen-bond donors (Lipinski definition) is 3. The van der Waals surface area contributed by atoms with Crippen molar-refractivity contribution in [2.75, 3.05) is 22.5 Å². The number of thiocarbonyl (C=S) groups is 1. The molecule has 0 aliphatic carbocycles. The molecule has 1 aromatic carbocycles. The minimum atomic E-state index is -0.534. The maximum absolute atomic E-state index is 12.6. The Morgan fingerprint density at radius 3 is 2.61 bits per heavy atom. The van der Waals surface area contributed by atoms with Gasteiger partial charge in [0, 0.05) is 18.8 Å². The van der Waals surface area contributed by atoms with Crippen LogP contribution in [0.2, 0.25) is 0 Å². The molecular weight excluding hydrogens is 374 g/mol. The molecule has 0 atom stereocenters. The number of nitrogens with zero attached hydrogens (tertiary/aromatic N) is 2. The van der Waals surface area contributed by atoms with E-state index in [1.54, 1.807) is 4.90 Å². The number of nitrogens with two attached hydrogens (primary N) is 1. The van der Waals surface area contributed by atoms with Gasteiger partial charge in [-0.15, -0.1) is 0 Å². The molecule has 0 fully saturated rings. The van der Waals surface area contributed by atoms with Crippen molar-refractivity contribution in [1.29, 1.82) is 0 Å². The Morgan fingerprint density at radius 1 is 1.25 bits per heavy atom. The van der Waals surface area contributed by atoms with Gasteiger partial charge < -0.3 is 16.0 Å². The van der Waals surface area contributed by atoms with Gasteiger partial charge in [-0.1, -0.05) is 32.4 Å². The summed E-state index contributed by atoms with van der Waals surface area (Å²) in [6, 6.07) is 5.91. The summed E-state index contributed by atoms with van der Waals surface area (Å²) in [6.07, 6.45) is 2.45. The fraction of sp³-hybridized carbons (Fsp3) is 0.450. The molecule has 28 heavy (non-hydrogen) atoms. The first-order valence-corrected chi connectivity index (χ1v) is 9.99. The molecule has 0 bridgehead atoms. The van der Waals surface area contributed by atoms with Crippen LogP contribution in [0.1, 0.15) is 44.2 Å². The molecule has 8 heteroatoms. The largest absolute Gasteiger partial charge is 0.383 e. The Balaban J connectivity index is 2.48. The summed E-state index contributed by atoms with van der Waals surface area (Å²) in [6.45, 7) is 9.00. The lowest BCUT2D eigenvalue weighted by molar-refractivity contribution is 0.604. The van der Waals surface area contributed by atoms with Crippen LogP contribution in [0, 0.1) is 13.8 Å². The predicted octanol–water partition coefficient (Wildman–Crippen LogP) is 3.15. The molecule has 0 unspecified atom stereocenters. The highest BCUT2D eigenvalue weighted by Crippen LogP contribution is 2.22. The van der Waals surface area contributed by atoms with E-state index in [9.17, 15) is 9.59 Å². The van der Waals surface area contributed by atoms with Crippen LogP contribution in [-0.2, 0) is 6.54 Å². The molecule has 0 aliphatic heterocycles. The molecule has 0 aliphatic rings. The Hall–Kier alpha value is -2.61. The van der Waals surface area contributed by atoms with Crippen LogP contribution in [0.15, 0.2) is 27.8 Å². The molecule has 4 N–H and O–H groups in total. The van der Waals surface area contributed by atoms with E-state index in [4.69, 9.17) is 18.0 Å². The van der Waals surface area contributed by atoms with E-state index < -0.39 is 11.2 Å². The lowest BCUT2D eigenvalue weighted by atomic mass is 10.1. The maximum Gasteiger partial charge on any atom is 0.330 e. The van der Waals surface area contributed by atoms with Crippen LogP contribution in [0.3, 0.4) is 0 Å². The molecule has 7 nitrogen and oxygen atoms in total. The van der Waals surface area contributed by atoms with Gasteiger partial charge in [0.15, 0.2) is 10.8 Å². The van der Waals surface area contributed by atoms with Crippen molar-refractivity contribution >= 4 is 34.5 Å². The SMILES string of the molecule is CCCCn1c(N)c(N(CCC)C(=S)Nc2cccc(C)c2C)c(=O)[nH]c1=O. The van der Waals surface area contributed by atoms with Crippen molar-refractivity contribution in [2.24, 2.45) is 0 Å². The van der Waals surface area contributed by atoms with Gasteiger partial charge in [0.05, 0.1) is 0 Å². The van der Waals surface area contributed by atoms with Gasteiger partial charge in [-0.2, -0.15) is 0 Å². The van der Waals surface area contributed by atoms with Gasteiger partial charge in [-0.25, -0.2) is 4.79 Å². The minimum Gasteiger partial charge on any atom is -0.383 e. The highest BCUT2D eigenvalue weighted by Gasteiger charge is 2.22. The number of H-pyrrole nitrogens is 1. The lowest BCUT2D eigenvalue weighted by Gasteiger charge is -2.27. The highest BCUT2D eigenvalue weighted by molar-refractivity contribution is 7.80. The lowest BCUT2D eigenvalue weighted by Crippen LogP contribution is -2.43. The number of aryl methyl sites for hydroxylation is 1. The molecule has 0 saturated heterocycles. The zero-order valence-corrected chi connectivity index (χ0v) is 17.8. The van der Waals surface area contributed by atoms with Crippen molar-refractivity contribution < 1.29 is 0 Å². The molecule has 0 saturated carbocycles. The van der Waals surface area contributed by atoms with Crippen LogP contribution >= 0.6 is 12.2 Å². The summed E-state index contributed by atoms with van der Waals surface area (Å²) in [4.78, 5) is 28.9. The van der Waals surface area contributed by atoms with Crippen LogP contribution in [0.5, 0.6) is 0 Å². The van der Waals surface area contributed by atoms with Crippen LogP contribution in [0.4, 0.5) is 17.2 Å². The molecule has 152 valence electrons. The number of unbranched alkanes of at least 4 members (excludes halogenated alkanes) is 1. The van der Waals surface area contributed by atoms with E-state index in [0.717, 1.165) is 36.1 Å². The standard InChI is InChI=1S/C20H29N5O2S/c1-5-7-12-25-17(21)16(18(26)23-19(25)27)24(11-6-2)20(28)22-15-10-8-9-13(3)14(15)4/h8-10H,5-7,11-12,21H2,1-4H3,(H,22,28)(H,23,26,27). The number of benzene rings is 1. The fourth-order valence-corrected chi connectivity index (χ4v) is 3.28. The fourth-order valence-electron chi connectivity index (χ4n) is 2.98. The van der Waals surface area contributed by atoms with Gasteiger partial charge >= 0.3 is 5.69 Å². The van der Waals surface area contributed by atoms with Crippen molar-refractivity contribution in [3.63, 3.8) is 0 Å². The van der Waals surface area contributed by atoms with Crippen molar-refractivity contribution in [2.45, 2.75) is 53.5 Å². The van der Waals surface area contributed by atoms with E-state index in [0.29, 0.717) is 18.2 Å². The molecular formula is C20H29N5O2S. The quantitative estimate of drug-likeness (QED) is 0.615. The number of hydrogen-bond acceptors (Lipinski definition) is 4. The summed E-state index contributed by atoms with van der Waals surface area (Å²) in [7, 11) is 0. The molecule has 0 radical (unpaired) electrons. The number of nitrogens with one attached hydrogen (secondary N) is 2. The highest BCUT2D eigenvalue weighted by atomic mass is 32.1. The molecule has 0 spiro atoms. The van der Waals surface area contributed by atoms with Gasteiger partial charge in [-0.05, 0) is 56.1 Å². The summed E-state index contributed by atoms with van der Waals surface area (Å²) in [5.74, 6) is 0.140. The third-order valence-electron chi connectivity index (χ3n) is 4.76. The molecule has 2 aromatic rings. The van der Waals surface area contributed by atoms with Crippen LogP contribution in [-0.4, -0.2) is 21.2 Å². The Kier molecular flexibility index (Phi) is 7.39. The van der Waals surface area contributed by atoms with Gasteiger partial charge in [0.25, 0.3) is 5.56 Å². The first-order chi connectivity index (χ1) is 13.3. The van der Waals surface area contributed by atoms with Crippen molar-refractivity contribution in [1.82, 2.24) is 9.55 Å². The van der Waals surface area contributed by atoms with Crippen molar-refractivity contribution in [3.8, 4) is 0 Å². The predicted molar refractivity (Wildman–Crippen MR) is 120 cm³/mol. The van der Waals surface area contributed by atoms with Gasteiger partial charge in [0.2, 0.25) is 0 Å². The average Bonchev–Trinajstić information content (AvgIpc) is 2.64. The van der Waals surface area contributed by atoms with E-state index in [2.05, 4.69) is 10.3 Å². The van der Waals surface area contributed by atoms with Gasteiger partial charge in [0.1, 0.15) is 5.82 Å². The van der Waals surface area contributed by atoms with E-state index in [1.165, 1.54) is 4.57 Å². The molecule has 0 amide bonds. The first-order valence-electron chi connectivity index (χ1n) is 9.59. The second-order valence-corrected chi connectivity index (χ2v) is 7.21. The summed E-state index contributed by atoms with van der Waals surface area (Å²) in [5, 5.41) is 3.60. The molecule has 1 aromatic heterocycles. The van der Waals surface area contributed by atoms with E-state index in [1.807, 2.05) is 45.9 Å². The Labute approximate surface area is 170 Å². The molecule has 2 rings (SSSR count). The average molecular weight is 404 g/mol. The van der Waals surface area contributed by atoms with Gasteiger partial charge in [-0.3, -0.25) is 14.3 Å². The van der Waals surface area contributed by atoms with Crippen LogP contribution in [0.25, 0.3) is 0 Å². The zero-order valence-electron chi connectivity index (χ0n) is 17.0. The number of anilines is 3. The van der Waals surface area contributed by atoms with E-state index in [-0.39, 0.29) is 11.5 Å². The summed E-state index contributed by atoms with van der Waals surface area (Å²) < 4.78 is 1.41. The summed E-state index contributed by atoms with van der Waals surface area (Å²) >= 11 is 5.61. The number of aromatic nitrogens is 2. The maximum atomic E-state index is 12.6. The third kappa shape index (κ3) is 4.62. The third-order valence-corrected chi connectivity index (χ3v) is 5.08. The van der Waals surface area contributed by atoms with Crippen LogP contribution < -0.4 is 27.2 Å². The second kappa shape index (κ2) is 9.54. The smallest absolute Gasteiger partial charge is 0.330 e. The number of aromatic amines is 1. The normalized spacial score (nSPS) is 10.7. The monoisotopic (exact) mass is 403 g/mol. The number of rotatable bonds is 7. The summed E-state index contributed by atoms with van der Waals surface area (Å²) in [5.41, 5.74) is 8.53. The first kappa shape index (κ1) is 21.7. The Morgan fingerprint density at radius 2 is 1.96 bits per heavy atom. The van der Waals surface area contributed by atoms with E-state index >= 15 is 0 Å². The van der Waals surface area contributed by atoms with Crippen molar-refractivity contribution in [3.05, 3.63) is 50.2 Å². The molecule has 1 heterocycles. The minimum absolute atomic E-state index is 0.140. The Bertz CT molecular complexity index is 964. The topological polar surface area (TPSA) is 96.2 Å². The zero-order chi connectivity index (χ0) is 20.8. The number of nitrogen functional groups attached to an aromatic ring is 1.